The molecule has 1 amide bonds. The third-order valence-electron chi connectivity index (χ3n) is 3.45. The molecule has 0 saturated carbocycles. The van der Waals surface area contributed by atoms with Crippen molar-refractivity contribution in [3.8, 4) is 5.75 Å². The summed E-state index contributed by atoms with van der Waals surface area (Å²) in [5.41, 5.74) is 1.27. The molecule has 0 radical (unpaired) electrons. The second kappa shape index (κ2) is 7.55. The van der Waals surface area contributed by atoms with E-state index in [-0.39, 0.29) is 18.0 Å². The lowest BCUT2D eigenvalue weighted by Gasteiger charge is -2.17. The first kappa shape index (κ1) is 15.2. The molecule has 1 aliphatic rings. The lowest BCUT2D eigenvalue weighted by molar-refractivity contribution is -0.123. The molecule has 1 aromatic carbocycles. The fourth-order valence-electron chi connectivity index (χ4n) is 2.15. The number of ether oxygens (including phenoxy) is 1. The predicted molar refractivity (Wildman–Crippen MR) is 83.2 cm³/mol. The van der Waals surface area contributed by atoms with Gasteiger partial charge in [-0.15, -0.1) is 11.8 Å². The zero-order valence-electron chi connectivity index (χ0n) is 12.0. The standard InChI is InChI=1S/C15H22N2O2S/c1-11(17-15(18)14-9-20-10-16-14)3-4-12-5-7-13(19-2)8-6-12/h5-8,11,14,16H,3-4,9-10H2,1-2H3,(H,17,18). The van der Waals surface area contributed by atoms with Gasteiger partial charge in [0.1, 0.15) is 5.75 Å². The molecule has 2 rings (SSSR count). The van der Waals surface area contributed by atoms with Crippen molar-refractivity contribution in [2.75, 3.05) is 18.7 Å². The van der Waals surface area contributed by atoms with Gasteiger partial charge in [0, 0.05) is 17.7 Å². The van der Waals surface area contributed by atoms with Crippen molar-refractivity contribution in [2.24, 2.45) is 0 Å². The number of methoxy groups -OCH3 is 1. The predicted octanol–water partition coefficient (Wildman–Crippen LogP) is 1.79. The maximum atomic E-state index is 11.9. The SMILES string of the molecule is COc1ccc(CCC(C)NC(=O)C2CSCN2)cc1. The molecule has 1 aliphatic heterocycles. The largest absolute Gasteiger partial charge is 0.497 e. The number of carbonyl (C=O) groups is 1. The average molecular weight is 294 g/mol. The second-order valence-corrected chi connectivity index (χ2v) is 6.10. The number of thioether (sulfide) groups is 1. The number of nitrogens with one attached hydrogen (secondary N) is 2. The smallest absolute Gasteiger partial charge is 0.238 e. The van der Waals surface area contributed by atoms with Crippen LogP contribution in [-0.2, 0) is 11.2 Å². The summed E-state index contributed by atoms with van der Waals surface area (Å²) in [5, 5.41) is 6.26. The second-order valence-electron chi connectivity index (χ2n) is 5.07. The maximum Gasteiger partial charge on any atom is 0.238 e. The molecular formula is C15H22N2O2S. The Morgan fingerprint density at radius 1 is 1.50 bits per heavy atom. The topological polar surface area (TPSA) is 50.4 Å². The minimum atomic E-state index is -0.0246. The molecule has 1 aromatic rings. The van der Waals surface area contributed by atoms with E-state index in [1.807, 2.05) is 12.1 Å². The molecule has 1 saturated heterocycles. The first-order chi connectivity index (χ1) is 9.69. The molecule has 1 heterocycles. The van der Waals surface area contributed by atoms with E-state index in [1.54, 1.807) is 18.9 Å². The summed E-state index contributed by atoms with van der Waals surface area (Å²) >= 11 is 1.77. The van der Waals surface area contributed by atoms with Crippen molar-refractivity contribution in [1.82, 2.24) is 10.6 Å². The quantitative estimate of drug-likeness (QED) is 0.840. The summed E-state index contributed by atoms with van der Waals surface area (Å²) < 4.78 is 5.14. The molecule has 2 N–H and O–H groups in total. The minimum absolute atomic E-state index is 0.0246. The van der Waals surface area contributed by atoms with Crippen LogP contribution in [0.1, 0.15) is 18.9 Å². The summed E-state index contributed by atoms with van der Waals surface area (Å²) in [4.78, 5) is 11.9. The number of benzene rings is 1. The number of hydrogen-bond donors (Lipinski definition) is 2. The van der Waals surface area contributed by atoms with Crippen molar-refractivity contribution in [1.29, 1.82) is 0 Å². The third kappa shape index (κ3) is 4.42. The lowest BCUT2D eigenvalue weighted by atomic mass is 10.1. The fraction of sp³-hybridized carbons (Fsp3) is 0.533. The Hall–Kier alpha value is -1.20. The summed E-state index contributed by atoms with van der Waals surface area (Å²) in [7, 11) is 1.67. The minimum Gasteiger partial charge on any atom is -0.497 e. The van der Waals surface area contributed by atoms with E-state index in [0.29, 0.717) is 0 Å². The van der Waals surface area contributed by atoms with Crippen LogP contribution in [0.4, 0.5) is 0 Å². The molecular weight excluding hydrogens is 272 g/mol. The average Bonchev–Trinajstić information content (AvgIpc) is 3.00. The Morgan fingerprint density at radius 2 is 2.25 bits per heavy atom. The fourth-order valence-corrected chi connectivity index (χ4v) is 3.10. The Kier molecular flexibility index (Phi) is 5.73. The van der Waals surface area contributed by atoms with Gasteiger partial charge in [-0.25, -0.2) is 0 Å². The van der Waals surface area contributed by atoms with E-state index in [4.69, 9.17) is 4.74 Å². The van der Waals surface area contributed by atoms with Gasteiger partial charge in [-0.3, -0.25) is 10.1 Å². The van der Waals surface area contributed by atoms with Crippen LogP contribution in [0.25, 0.3) is 0 Å². The molecule has 4 nitrogen and oxygen atoms in total. The van der Waals surface area contributed by atoms with Gasteiger partial charge in [0.2, 0.25) is 5.91 Å². The van der Waals surface area contributed by atoms with Crippen molar-refractivity contribution >= 4 is 17.7 Å². The molecule has 2 unspecified atom stereocenters. The van der Waals surface area contributed by atoms with E-state index in [2.05, 4.69) is 29.7 Å². The van der Waals surface area contributed by atoms with E-state index in [9.17, 15) is 4.79 Å². The number of hydrogen-bond acceptors (Lipinski definition) is 4. The molecule has 0 bridgehead atoms. The molecule has 110 valence electrons. The first-order valence-electron chi connectivity index (χ1n) is 6.93. The van der Waals surface area contributed by atoms with Crippen LogP contribution in [0.15, 0.2) is 24.3 Å². The zero-order chi connectivity index (χ0) is 14.4. The van der Waals surface area contributed by atoms with E-state index in [0.717, 1.165) is 30.2 Å². The molecule has 5 heteroatoms. The monoisotopic (exact) mass is 294 g/mol. The molecule has 0 aliphatic carbocycles. The summed E-state index contributed by atoms with van der Waals surface area (Å²) in [6.07, 6.45) is 1.90. The van der Waals surface area contributed by atoms with Crippen molar-refractivity contribution in [3.63, 3.8) is 0 Å². The van der Waals surface area contributed by atoms with Crippen LogP contribution in [0, 0.1) is 0 Å². The summed E-state index contributed by atoms with van der Waals surface area (Å²) in [6, 6.07) is 8.25. The molecule has 20 heavy (non-hydrogen) atoms. The molecule has 0 spiro atoms. The first-order valence-corrected chi connectivity index (χ1v) is 8.09. The van der Waals surface area contributed by atoms with Crippen LogP contribution in [-0.4, -0.2) is 36.7 Å². The summed E-state index contributed by atoms with van der Waals surface area (Å²) in [5.74, 6) is 2.74. The normalized spacial score (nSPS) is 19.6. The van der Waals surface area contributed by atoms with E-state index in [1.165, 1.54) is 5.56 Å². The van der Waals surface area contributed by atoms with Crippen LogP contribution < -0.4 is 15.4 Å². The maximum absolute atomic E-state index is 11.9. The Morgan fingerprint density at radius 3 is 2.85 bits per heavy atom. The highest BCUT2D eigenvalue weighted by Gasteiger charge is 2.23. The molecule has 2 atom stereocenters. The molecule has 0 aromatic heterocycles. The number of aryl methyl sites for hydroxylation is 1. The van der Waals surface area contributed by atoms with Crippen LogP contribution in [0.5, 0.6) is 5.75 Å². The number of carbonyl (C=O) groups excluding carboxylic acids is 1. The van der Waals surface area contributed by atoms with Crippen LogP contribution in [0.3, 0.4) is 0 Å². The highest BCUT2D eigenvalue weighted by atomic mass is 32.2. The summed E-state index contributed by atoms with van der Waals surface area (Å²) in [6.45, 7) is 2.06. The van der Waals surface area contributed by atoms with Gasteiger partial charge in [-0.05, 0) is 37.5 Å². The highest BCUT2D eigenvalue weighted by Crippen LogP contribution is 2.14. The number of rotatable bonds is 6. The Balaban J connectivity index is 1.73. The number of amides is 1. The van der Waals surface area contributed by atoms with Crippen LogP contribution >= 0.6 is 11.8 Å². The van der Waals surface area contributed by atoms with Crippen molar-refractivity contribution < 1.29 is 9.53 Å². The molecule has 1 fully saturated rings. The van der Waals surface area contributed by atoms with Gasteiger partial charge in [0.25, 0.3) is 0 Å². The van der Waals surface area contributed by atoms with Crippen LogP contribution in [0.2, 0.25) is 0 Å². The highest BCUT2D eigenvalue weighted by molar-refractivity contribution is 7.99. The van der Waals surface area contributed by atoms with E-state index < -0.39 is 0 Å². The Bertz CT molecular complexity index is 430. The van der Waals surface area contributed by atoms with Gasteiger partial charge in [0.05, 0.1) is 13.2 Å². The Labute approximate surface area is 124 Å². The zero-order valence-corrected chi connectivity index (χ0v) is 12.8. The van der Waals surface area contributed by atoms with Gasteiger partial charge in [0.15, 0.2) is 0 Å². The van der Waals surface area contributed by atoms with Gasteiger partial charge < -0.3 is 10.1 Å². The lowest BCUT2D eigenvalue weighted by Crippen LogP contribution is -2.45. The van der Waals surface area contributed by atoms with E-state index >= 15 is 0 Å². The van der Waals surface area contributed by atoms with Gasteiger partial charge >= 0.3 is 0 Å². The van der Waals surface area contributed by atoms with Gasteiger partial charge in [-0.2, -0.15) is 0 Å². The van der Waals surface area contributed by atoms with Crippen molar-refractivity contribution in [2.45, 2.75) is 31.8 Å². The van der Waals surface area contributed by atoms with Crippen molar-refractivity contribution in [3.05, 3.63) is 29.8 Å². The van der Waals surface area contributed by atoms with Gasteiger partial charge in [-0.1, -0.05) is 12.1 Å². The third-order valence-corrected chi connectivity index (χ3v) is 4.39.